The molecular formula is C7H12O2. The molecule has 0 bridgehead atoms. The highest BCUT2D eigenvalue weighted by Crippen LogP contribution is 2.57. The molecule has 1 aliphatic carbocycles. The number of hydrogen-bond donors (Lipinski definition) is 1. The summed E-state index contributed by atoms with van der Waals surface area (Å²) in [6.07, 6.45) is 2.31. The van der Waals surface area contributed by atoms with E-state index in [1.807, 2.05) is 6.92 Å². The number of hydrogen-bond acceptors (Lipinski definition) is 2. The van der Waals surface area contributed by atoms with E-state index in [0.717, 1.165) is 19.4 Å². The van der Waals surface area contributed by atoms with Gasteiger partial charge in [-0.25, -0.2) is 0 Å². The van der Waals surface area contributed by atoms with Crippen molar-refractivity contribution in [2.24, 2.45) is 5.41 Å². The van der Waals surface area contributed by atoms with Crippen LogP contribution in [-0.2, 0) is 4.74 Å². The smallest absolute Gasteiger partial charge is 0.0929 e. The zero-order valence-corrected chi connectivity index (χ0v) is 5.68. The summed E-state index contributed by atoms with van der Waals surface area (Å²) >= 11 is 0. The summed E-state index contributed by atoms with van der Waals surface area (Å²) < 4.78 is 5.19. The van der Waals surface area contributed by atoms with Gasteiger partial charge in [-0.3, -0.25) is 0 Å². The van der Waals surface area contributed by atoms with Crippen molar-refractivity contribution in [2.75, 3.05) is 13.2 Å². The fourth-order valence-corrected chi connectivity index (χ4v) is 1.59. The summed E-state index contributed by atoms with van der Waals surface area (Å²) in [5.41, 5.74) is -0.347. The van der Waals surface area contributed by atoms with E-state index in [1.54, 1.807) is 0 Å². The molecule has 2 nitrogen and oxygen atoms in total. The van der Waals surface area contributed by atoms with Crippen LogP contribution in [-0.4, -0.2) is 23.9 Å². The molecule has 0 aromatic rings. The highest BCUT2D eigenvalue weighted by molar-refractivity contribution is 5.09. The van der Waals surface area contributed by atoms with E-state index in [0.29, 0.717) is 6.61 Å². The van der Waals surface area contributed by atoms with Crippen molar-refractivity contribution < 1.29 is 9.84 Å². The van der Waals surface area contributed by atoms with Gasteiger partial charge in [0.1, 0.15) is 0 Å². The molecule has 0 aromatic carbocycles. The van der Waals surface area contributed by atoms with Crippen molar-refractivity contribution in [3.05, 3.63) is 0 Å². The van der Waals surface area contributed by atoms with Gasteiger partial charge in [-0.1, -0.05) is 0 Å². The fraction of sp³-hybridized carbons (Fsp3) is 1.00. The molecule has 1 saturated carbocycles. The van der Waals surface area contributed by atoms with Crippen molar-refractivity contribution >= 4 is 0 Å². The van der Waals surface area contributed by atoms with Crippen LogP contribution in [0.3, 0.4) is 0 Å². The maximum absolute atomic E-state index is 9.66. The minimum absolute atomic E-state index is 0.174. The van der Waals surface area contributed by atoms with E-state index in [4.69, 9.17) is 4.74 Å². The standard InChI is InChI=1S/C7H12O2/c1-6(8)4-9-5-7(6)2-3-7/h8H,2-5H2,1H3/t6-/m1/s1. The third-order valence-corrected chi connectivity index (χ3v) is 2.76. The van der Waals surface area contributed by atoms with Gasteiger partial charge in [0.25, 0.3) is 0 Å². The minimum atomic E-state index is -0.521. The lowest BCUT2D eigenvalue weighted by Gasteiger charge is -2.21. The lowest BCUT2D eigenvalue weighted by molar-refractivity contribution is 0.0105. The van der Waals surface area contributed by atoms with Crippen LogP contribution in [0.25, 0.3) is 0 Å². The summed E-state index contributed by atoms with van der Waals surface area (Å²) in [4.78, 5) is 0. The molecule has 1 heterocycles. The quantitative estimate of drug-likeness (QED) is 0.516. The number of ether oxygens (including phenoxy) is 1. The van der Waals surface area contributed by atoms with Gasteiger partial charge in [-0.05, 0) is 19.8 Å². The number of aliphatic hydroxyl groups is 1. The normalized spacial score (nSPS) is 46.0. The molecule has 1 N–H and O–H groups in total. The molecule has 1 saturated heterocycles. The molecule has 2 fully saturated rings. The molecular weight excluding hydrogens is 116 g/mol. The van der Waals surface area contributed by atoms with Crippen molar-refractivity contribution in [3.8, 4) is 0 Å². The molecule has 2 heteroatoms. The van der Waals surface area contributed by atoms with E-state index < -0.39 is 5.60 Å². The van der Waals surface area contributed by atoms with Gasteiger partial charge in [0.15, 0.2) is 0 Å². The molecule has 52 valence electrons. The van der Waals surface area contributed by atoms with Crippen LogP contribution in [0.1, 0.15) is 19.8 Å². The summed E-state index contributed by atoms with van der Waals surface area (Å²) in [5, 5.41) is 9.66. The first-order valence-electron chi connectivity index (χ1n) is 3.47. The summed E-state index contributed by atoms with van der Waals surface area (Å²) in [6.45, 7) is 3.19. The Morgan fingerprint density at radius 3 is 2.22 bits per heavy atom. The topological polar surface area (TPSA) is 29.5 Å². The second kappa shape index (κ2) is 1.32. The highest BCUT2D eigenvalue weighted by Gasteiger charge is 2.60. The molecule has 1 atom stereocenters. The van der Waals surface area contributed by atoms with E-state index in [2.05, 4.69) is 0 Å². The van der Waals surface area contributed by atoms with Crippen molar-refractivity contribution in [3.63, 3.8) is 0 Å². The van der Waals surface area contributed by atoms with E-state index in [-0.39, 0.29) is 5.41 Å². The highest BCUT2D eigenvalue weighted by atomic mass is 16.5. The second-order valence-corrected chi connectivity index (χ2v) is 3.55. The van der Waals surface area contributed by atoms with Gasteiger partial charge in [-0.15, -0.1) is 0 Å². The van der Waals surface area contributed by atoms with E-state index >= 15 is 0 Å². The first kappa shape index (κ1) is 5.69. The maximum Gasteiger partial charge on any atom is 0.0929 e. The lowest BCUT2D eigenvalue weighted by atomic mass is 9.90. The van der Waals surface area contributed by atoms with Crippen molar-refractivity contribution in [1.29, 1.82) is 0 Å². The molecule has 0 aromatic heterocycles. The van der Waals surface area contributed by atoms with E-state index in [1.165, 1.54) is 0 Å². The zero-order valence-electron chi connectivity index (χ0n) is 5.68. The second-order valence-electron chi connectivity index (χ2n) is 3.55. The Kier molecular flexibility index (Phi) is 0.837. The first-order chi connectivity index (χ1) is 4.16. The predicted octanol–water partition coefficient (Wildman–Crippen LogP) is 0.548. The Bertz CT molecular complexity index is 132. The Hall–Kier alpha value is -0.0800. The zero-order chi connectivity index (χ0) is 6.54. The SMILES string of the molecule is C[C@@]1(O)COCC12CC2. The third-order valence-electron chi connectivity index (χ3n) is 2.76. The largest absolute Gasteiger partial charge is 0.387 e. The van der Waals surface area contributed by atoms with Crippen LogP contribution < -0.4 is 0 Å². The van der Waals surface area contributed by atoms with Gasteiger partial charge in [0.05, 0.1) is 18.8 Å². The Morgan fingerprint density at radius 1 is 1.33 bits per heavy atom. The predicted molar refractivity (Wildman–Crippen MR) is 33.1 cm³/mol. The molecule has 0 radical (unpaired) electrons. The number of rotatable bonds is 0. The monoisotopic (exact) mass is 128 g/mol. The van der Waals surface area contributed by atoms with Crippen LogP contribution in [0, 0.1) is 5.41 Å². The van der Waals surface area contributed by atoms with Crippen LogP contribution in [0.15, 0.2) is 0 Å². The van der Waals surface area contributed by atoms with Crippen molar-refractivity contribution in [1.82, 2.24) is 0 Å². The van der Waals surface area contributed by atoms with Crippen LogP contribution >= 0.6 is 0 Å². The Balaban J connectivity index is 2.23. The average molecular weight is 128 g/mol. The fourth-order valence-electron chi connectivity index (χ4n) is 1.59. The third kappa shape index (κ3) is 0.578. The molecule has 0 unspecified atom stereocenters. The van der Waals surface area contributed by atoms with Crippen LogP contribution in [0.5, 0.6) is 0 Å². The molecule has 2 aliphatic rings. The van der Waals surface area contributed by atoms with Gasteiger partial charge in [0.2, 0.25) is 0 Å². The summed E-state index contributed by atoms with van der Waals surface area (Å²) in [5.74, 6) is 0. The average Bonchev–Trinajstić information content (AvgIpc) is 2.41. The molecule has 9 heavy (non-hydrogen) atoms. The van der Waals surface area contributed by atoms with Gasteiger partial charge >= 0.3 is 0 Å². The Labute approximate surface area is 54.8 Å². The van der Waals surface area contributed by atoms with Crippen LogP contribution in [0.4, 0.5) is 0 Å². The lowest BCUT2D eigenvalue weighted by Crippen LogP contribution is -2.34. The molecule has 0 amide bonds. The molecule has 1 spiro atoms. The van der Waals surface area contributed by atoms with Gasteiger partial charge < -0.3 is 9.84 Å². The Morgan fingerprint density at radius 2 is 2.00 bits per heavy atom. The van der Waals surface area contributed by atoms with E-state index in [9.17, 15) is 5.11 Å². The van der Waals surface area contributed by atoms with Crippen LogP contribution in [0.2, 0.25) is 0 Å². The summed E-state index contributed by atoms with van der Waals surface area (Å²) in [7, 11) is 0. The van der Waals surface area contributed by atoms with Gasteiger partial charge in [-0.2, -0.15) is 0 Å². The maximum atomic E-state index is 9.66. The molecule has 1 aliphatic heterocycles. The molecule has 2 rings (SSSR count). The summed E-state index contributed by atoms with van der Waals surface area (Å²) in [6, 6.07) is 0. The minimum Gasteiger partial charge on any atom is -0.387 e. The van der Waals surface area contributed by atoms with Gasteiger partial charge in [0, 0.05) is 5.41 Å². The first-order valence-corrected chi connectivity index (χ1v) is 3.47. The van der Waals surface area contributed by atoms with Crippen molar-refractivity contribution in [2.45, 2.75) is 25.4 Å².